The molecule has 0 saturated heterocycles. The second-order valence-electron chi connectivity index (χ2n) is 5.68. The summed E-state index contributed by atoms with van der Waals surface area (Å²) in [4.78, 5) is 24.0. The van der Waals surface area contributed by atoms with Crippen LogP contribution in [0.4, 0.5) is 4.79 Å². The van der Waals surface area contributed by atoms with Gasteiger partial charge < -0.3 is 10.6 Å². The first-order valence-corrected chi connectivity index (χ1v) is 9.14. The zero-order chi connectivity index (χ0) is 17.5. The molecule has 2 amide bonds. The van der Waals surface area contributed by atoms with Crippen LogP contribution in [-0.4, -0.2) is 22.8 Å². The highest BCUT2D eigenvalue weighted by atomic mass is 32.1. The molecule has 0 bridgehead atoms. The average molecular weight is 348 g/mol. The quantitative estimate of drug-likeness (QED) is 0.719. The van der Waals surface area contributed by atoms with Crippen LogP contribution in [0.25, 0.3) is 0 Å². The molecular formula is C17H24N4O2S. The van der Waals surface area contributed by atoms with E-state index in [9.17, 15) is 9.59 Å². The highest BCUT2D eigenvalue weighted by molar-refractivity contribution is 7.07. The minimum absolute atomic E-state index is 0.201. The van der Waals surface area contributed by atoms with E-state index in [0.717, 1.165) is 17.7 Å². The van der Waals surface area contributed by atoms with Crippen LogP contribution in [0.3, 0.4) is 0 Å². The highest BCUT2D eigenvalue weighted by Gasteiger charge is 2.13. The topological polar surface area (TPSA) is 86.9 Å². The molecule has 0 spiro atoms. The normalized spacial score (nSPS) is 12.0. The number of aryl methyl sites for hydroxylation is 1. The van der Waals surface area contributed by atoms with Crippen molar-refractivity contribution < 1.29 is 4.79 Å². The summed E-state index contributed by atoms with van der Waals surface area (Å²) in [5.74, 6) is 0.254. The number of carbonyl (C=O) groups excluding carboxylic acids is 1. The number of rotatable bonds is 7. The highest BCUT2D eigenvalue weighted by Crippen LogP contribution is 2.17. The first kappa shape index (κ1) is 18.2. The van der Waals surface area contributed by atoms with Gasteiger partial charge in [0.25, 0.3) is 5.56 Å². The molecule has 0 saturated carbocycles. The molecule has 24 heavy (non-hydrogen) atoms. The minimum Gasteiger partial charge on any atom is -0.338 e. The van der Waals surface area contributed by atoms with Gasteiger partial charge in [-0.1, -0.05) is 20.8 Å². The van der Waals surface area contributed by atoms with Crippen molar-refractivity contribution in [2.75, 3.05) is 6.54 Å². The van der Waals surface area contributed by atoms with Crippen LogP contribution in [0.15, 0.2) is 21.6 Å². The Morgan fingerprint density at radius 3 is 2.71 bits per heavy atom. The van der Waals surface area contributed by atoms with Crippen molar-refractivity contribution in [3.05, 3.63) is 49.6 Å². The lowest BCUT2D eigenvalue weighted by molar-refractivity contribution is 0.240. The smallest absolute Gasteiger partial charge is 0.315 e. The average Bonchev–Trinajstić information content (AvgIpc) is 3.12. The third kappa shape index (κ3) is 4.44. The van der Waals surface area contributed by atoms with Crippen LogP contribution in [0.2, 0.25) is 0 Å². The molecule has 0 aliphatic heterocycles. The molecule has 7 heteroatoms. The van der Waals surface area contributed by atoms with E-state index in [1.54, 1.807) is 11.3 Å². The van der Waals surface area contributed by atoms with Crippen LogP contribution in [0.5, 0.6) is 0 Å². The van der Waals surface area contributed by atoms with E-state index >= 15 is 0 Å². The fourth-order valence-corrected chi connectivity index (χ4v) is 3.39. The Balaban J connectivity index is 1.93. The third-order valence-corrected chi connectivity index (χ3v) is 4.78. The number of aromatic nitrogens is 2. The van der Waals surface area contributed by atoms with Gasteiger partial charge in [-0.15, -0.1) is 0 Å². The lowest BCUT2D eigenvalue weighted by Crippen LogP contribution is -2.38. The molecule has 130 valence electrons. The predicted octanol–water partition coefficient (Wildman–Crippen LogP) is 2.56. The Kier molecular flexibility index (Phi) is 6.54. The summed E-state index contributed by atoms with van der Waals surface area (Å²) >= 11 is 1.65. The van der Waals surface area contributed by atoms with Crippen LogP contribution >= 0.6 is 11.3 Å². The fourth-order valence-electron chi connectivity index (χ4n) is 2.61. The fraction of sp³-hybridized carbons (Fsp3) is 0.471. The van der Waals surface area contributed by atoms with E-state index in [1.807, 2.05) is 19.2 Å². The SMILES string of the molecule is CCc1n[nH]c(=O)c(CNC(=O)NC[C@@H](C)c2ccsc2)c1CC. The first-order valence-electron chi connectivity index (χ1n) is 8.19. The molecule has 6 nitrogen and oxygen atoms in total. The maximum Gasteiger partial charge on any atom is 0.315 e. The minimum atomic E-state index is -0.270. The van der Waals surface area contributed by atoms with Crippen molar-refractivity contribution in [3.8, 4) is 0 Å². The van der Waals surface area contributed by atoms with Gasteiger partial charge in [-0.3, -0.25) is 4.79 Å². The Morgan fingerprint density at radius 1 is 1.29 bits per heavy atom. The number of nitrogens with one attached hydrogen (secondary N) is 3. The molecule has 0 aliphatic carbocycles. The summed E-state index contributed by atoms with van der Waals surface area (Å²) in [5, 5.41) is 16.3. The molecule has 0 aromatic carbocycles. The molecule has 1 atom stereocenters. The number of carbonyl (C=O) groups is 1. The molecular weight excluding hydrogens is 324 g/mol. The monoisotopic (exact) mass is 348 g/mol. The van der Waals surface area contributed by atoms with E-state index < -0.39 is 0 Å². The number of hydrogen-bond acceptors (Lipinski definition) is 4. The van der Waals surface area contributed by atoms with Gasteiger partial charge >= 0.3 is 6.03 Å². The van der Waals surface area contributed by atoms with E-state index in [0.29, 0.717) is 18.5 Å². The Morgan fingerprint density at radius 2 is 2.08 bits per heavy atom. The second-order valence-corrected chi connectivity index (χ2v) is 6.46. The number of hydrogen-bond donors (Lipinski definition) is 3. The van der Waals surface area contributed by atoms with Gasteiger partial charge in [0.05, 0.1) is 12.2 Å². The van der Waals surface area contributed by atoms with Gasteiger partial charge in [-0.2, -0.15) is 16.4 Å². The van der Waals surface area contributed by atoms with E-state index in [4.69, 9.17) is 0 Å². The van der Waals surface area contributed by atoms with Crippen LogP contribution in [0, 0.1) is 0 Å². The molecule has 2 rings (SSSR count). The Bertz CT molecular complexity index is 725. The van der Waals surface area contributed by atoms with Gasteiger partial charge in [-0.05, 0) is 46.7 Å². The number of thiophene rings is 1. The van der Waals surface area contributed by atoms with Crippen molar-refractivity contribution in [2.45, 2.75) is 46.1 Å². The van der Waals surface area contributed by atoms with E-state index in [2.05, 4.69) is 39.2 Å². The summed E-state index contributed by atoms with van der Waals surface area (Å²) in [6, 6.07) is 1.79. The van der Waals surface area contributed by atoms with E-state index in [-0.39, 0.29) is 24.1 Å². The molecule has 2 aromatic heterocycles. The number of urea groups is 1. The van der Waals surface area contributed by atoms with Crippen molar-refractivity contribution in [2.24, 2.45) is 0 Å². The molecule has 2 aromatic rings. The van der Waals surface area contributed by atoms with Crippen molar-refractivity contribution in [3.63, 3.8) is 0 Å². The van der Waals surface area contributed by atoms with Gasteiger partial charge in [0.1, 0.15) is 0 Å². The molecule has 2 heterocycles. The van der Waals surface area contributed by atoms with Crippen LogP contribution in [0.1, 0.15) is 49.1 Å². The molecule has 0 fully saturated rings. The third-order valence-electron chi connectivity index (χ3n) is 4.07. The summed E-state index contributed by atoms with van der Waals surface area (Å²) < 4.78 is 0. The Hall–Kier alpha value is -2.15. The lowest BCUT2D eigenvalue weighted by Gasteiger charge is -2.14. The van der Waals surface area contributed by atoms with Gasteiger partial charge in [0.15, 0.2) is 0 Å². The number of nitrogens with zero attached hydrogens (tertiary/aromatic N) is 1. The number of aromatic amines is 1. The predicted molar refractivity (Wildman–Crippen MR) is 96.6 cm³/mol. The van der Waals surface area contributed by atoms with E-state index in [1.165, 1.54) is 5.56 Å². The maximum absolute atomic E-state index is 12.0. The maximum atomic E-state index is 12.0. The van der Waals surface area contributed by atoms with Crippen molar-refractivity contribution in [1.29, 1.82) is 0 Å². The summed E-state index contributed by atoms with van der Waals surface area (Å²) in [5.41, 5.74) is 3.36. The van der Waals surface area contributed by atoms with Gasteiger partial charge in [-0.25, -0.2) is 9.89 Å². The van der Waals surface area contributed by atoms with Crippen molar-refractivity contribution >= 4 is 17.4 Å². The van der Waals surface area contributed by atoms with Gasteiger partial charge in [0.2, 0.25) is 0 Å². The largest absolute Gasteiger partial charge is 0.338 e. The first-order chi connectivity index (χ1) is 11.6. The summed E-state index contributed by atoms with van der Waals surface area (Å²) in [7, 11) is 0. The van der Waals surface area contributed by atoms with Crippen LogP contribution in [-0.2, 0) is 19.4 Å². The zero-order valence-corrected chi connectivity index (χ0v) is 15.1. The molecule has 0 aliphatic rings. The molecule has 3 N–H and O–H groups in total. The van der Waals surface area contributed by atoms with Gasteiger partial charge in [0, 0.05) is 12.1 Å². The second kappa shape index (κ2) is 8.63. The number of H-pyrrole nitrogens is 1. The molecule has 0 unspecified atom stereocenters. The summed E-state index contributed by atoms with van der Waals surface area (Å²) in [6.45, 7) is 6.80. The standard InChI is InChI=1S/C17H24N4O2S/c1-4-13-14(16(22)21-20-15(13)5-2)9-19-17(23)18-8-11(3)12-6-7-24-10-12/h6-7,10-11H,4-5,8-9H2,1-3H3,(H,21,22)(H2,18,19,23)/t11-/m1/s1. The summed E-state index contributed by atoms with van der Waals surface area (Å²) in [6.07, 6.45) is 1.46. The number of amides is 2. The molecule has 0 radical (unpaired) electrons. The zero-order valence-electron chi connectivity index (χ0n) is 14.3. The Labute approximate surface area is 145 Å². The lowest BCUT2D eigenvalue weighted by atomic mass is 10.0. The van der Waals surface area contributed by atoms with Crippen molar-refractivity contribution in [1.82, 2.24) is 20.8 Å². The van der Waals surface area contributed by atoms with Crippen LogP contribution < -0.4 is 16.2 Å².